The molecule has 0 aliphatic rings. The molecule has 0 radical (unpaired) electrons. The van der Waals surface area contributed by atoms with Crippen LogP contribution in [0, 0.1) is 0 Å². The van der Waals surface area contributed by atoms with Gasteiger partial charge in [0.05, 0.1) is 11.3 Å². The number of hydrogen-bond donors (Lipinski definition) is 1. The quantitative estimate of drug-likeness (QED) is 0.687. The predicted octanol–water partition coefficient (Wildman–Crippen LogP) is 4.20. The van der Waals surface area contributed by atoms with Crippen LogP contribution in [-0.2, 0) is 6.18 Å². The molecular weight excluding hydrogens is 367 g/mol. The van der Waals surface area contributed by atoms with Crippen molar-refractivity contribution in [2.75, 3.05) is 32.5 Å². The summed E-state index contributed by atoms with van der Waals surface area (Å²) in [6.45, 7) is 1.43. The smallest absolute Gasteiger partial charge is 0.369 e. The molecule has 3 aromatic rings. The summed E-state index contributed by atoms with van der Waals surface area (Å²) in [6.07, 6.45) is -1.17. The van der Waals surface area contributed by atoms with Gasteiger partial charge in [-0.05, 0) is 38.4 Å². The van der Waals surface area contributed by atoms with Crippen LogP contribution in [0.3, 0.4) is 0 Å². The van der Waals surface area contributed by atoms with Gasteiger partial charge in [-0.3, -0.25) is 4.98 Å². The average Bonchev–Trinajstić information content (AvgIpc) is 2.68. The van der Waals surface area contributed by atoms with E-state index in [9.17, 15) is 13.2 Å². The highest BCUT2D eigenvalue weighted by Gasteiger charge is 2.30. The van der Waals surface area contributed by atoms with E-state index in [-0.39, 0.29) is 0 Å². The second-order valence-corrected chi connectivity index (χ2v) is 6.51. The van der Waals surface area contributed by atoms with Crippen molar-refractivity contribution in [1.82, 2.24) is 19.9 Å². The fourth-order valence-electron chi connectivity index (χ4n) is 2.58. The standard InChI is InChI=1S/C20H20F3N5/c1-28(2)11-10-25-18-13-17(15-4-3-5-16(12-15)20(21,22)23)26-19(27-18)14-6-8-24-9-7-14/h3-9,12-13H,10-11H2,1-2H3,(H,25,26,27). The normalized spacial score (nSPS) is 11.6. The molecule has 0 unspecified atom stereocenters. The second-order valence-electron chi connectivity index (χ2n) is 6.51. The number of hydrogen-bond acceptors (Lipinski definition) is 5. The van der Waals surface area contributed by atoms with Crippen LogP contribution in [0.2, 0.25) is 0 Å². The minimum Gasteiger partial charge on any atom is -0.369 e. The van der Waals surface area contributed by atoms with Crippen LogP contribution in [0.5, 0.6) is 0 Å². The zero-order valence-corrected chi connectivity index (χ0v) is 15.5. The second kappa shape index (κ2) is 8.35. The number of likely N-dealkylation sites (N-methyl/N-ethyl adjacent to an activating group) is 1. The summed E-state index contributed by atoms with van der Waals surface area (Å²) in [5.41, 5.74) is 0.819. The number of nitrogens with zero attached hydrogens (tertiary/aromatic N) is 4. The maximum Gasteiger partial charge on any atom is 0.416 e. The van der Waals surface area contributed by atoms with Crippen LogP contribution >= 0.6 is 0 Å². The van der Waals surface area contributed by atoms with Crippen molar-refractivity contribution in [3.8, 4) is 22.6 Å². The Morgan fingerprint density at radius 1 is 0.964 bits per heavy atom. The van der Waals surface area contributed by atoms with Crippen LogP contribution in [0.1, 0.15) is 5.56 Å². The van der Waals surface area contributed by atoms with E-state index in [1.807, 2.05) is 19.0 Å². The van der Waals surface area contributed by atoms with E-state index in [0.29, 0.717) is 29.4 Å². The van der Waals surface area contributed by atoms with Gasteiger partial charge in [-0.1, -0.05) is 12.1 Å². The minimum absolute atomic E-state index is 0.378. The molecule has 1 aromatic carbocycles. The van der Waals surface area contributed by atoms with Gasteiger partial charge in [-0.2, -0.15) is 13.2 Å². The Hall–Kier alpha value is -3.00. The molecule has 0 saturated heterocycles. The predicted molar refractivity (Wildman–Crippen MR) is 103 cm³/mol. The Morgan fingerprint density at radius 2 is 1.71 bits per heavy atom. The van der Waals surface area contributed by atoms with E-state index in [1.54, 1.807) is 36.7 Å². The third-order valence-electron chi connectivity index (χ3n) is 4.02. The molecule has 28 heavy (non-hydrogen) atoms. The Bertz CT molecular complexity index is 927. The molecule has 0 bridgehead atoms. The Kier molecular flexibility index (Phi) is 5.89. The van der Waals surface area contributed by atoms with Crippen molar-refractivity contribution in [1.29, 1.82) is 0 Å². The van der Waals surface area contributed by atoms with Crippen molar-refractivity contribution in [2.45, 2.75) is 6.18 Å². The number of rotatable bonds is 6. The molecule has 1 N–H and O–H groups in total. The molecule has 2 aromatic heterocycles. The van der Waals surface area contributed by atoms with Gasteiger partial charge in [0, 0.05) is 42.7 Å². The molecule has 0 aliphatic heterocycles. The third-order valence-corrected chi connectivity index (χ3v) is 4.02. The lowest BCUT2D eigenvalue weighted by atomic mass is 10.1. The van der Waals surface area contributed by atoms with E-state index in [2.05, 4.69) is 20.3 Å². The van der Waals surface area contributed by atoms with E-state index in [0.717, 1.165) is 24.2 Å². The van der Waals surface area contributed by atoms with Crippen molar-refractivity contribution in [3.63, 3.8) is 0 Å². The van der Waals surface area contributed by atoms with Gasteiger partial charge in [0.1, 0.15) is 5.82 Å². The van der Waals surface area contributed by atoms with E-state index < -0.39 is 11.7 Å². The highest BCUT2D eigenvalue weighted by atomic mass is 19.4. The third kappa shape index (κ3) is 5.04. The average molecular weight is 387 g/mol. The van der Waals surface area contributed by atoms with Crippen molar-refractivity contribution in [2.24, 2.45) is 0 Å². The topological polar surface area (TPSA) is 53.9 Å². The molecule has 5 nitrogen and oxygen atoms in total. The number of alkyl halides is 3. The Labute approximate surface area is 161 Å². The maximum atomic E-state index is 13.1. The minimum atomic E-state index is -4.41. The van der Waals surface area contributed by atoms with Crippen LogP contribution in [0.15, 0.2) is 54.9 Å². The molecule has 0 saturated carbocycles. The van der Waals surface area contributed by atoms with Gasteiger partial charge in [0.15, 0.2) is 5.82 Å². The summed E-state index contributed by atoms with van der Waals surface area (Å²) in [6, 6.07) is 10.3. The first kappa shape index (κ1) is 19.8. The van der Waals surface area contributed by atoms with Gasteiger partial charge in [0.2, 0.25) is 0 Å². The number of aromatic nitrogens is 3. The Morgan fingerprint density at radius 3 is 2.39 bits per heavy atom. The molecule has 8 heteroatoms. The fourth-order valence-corrected chi connectivity index (χ4v) is 2.58. The molecule has 0 fully saturated rings. The molecule has 0 amide bonds. The van der Waals surface area contributed by atoms with E-state index >= 15 is 0 Å². The molecule has 0 spiro atoms. The summed E-state index contributed by atoms with van der Waals surface area (Å²) < 4.78 is 39.3. The van der Waals surface area contributed by atoms with Gasteiger partial charge in [-0.25, -0.2) is 9.97 Å². The SMILES string of the molecule is CN(C)CCNc1cc(-c2cccc(C(F)(F)F)c2)nc(-c2ccncc2)n1. The molecule has 0 atom stereocenters. The summed E-state index contributed by atoms with van der Waals surface area (Å²) in [4.78, 5) is 15.0. The zero-order chi connectivity index (χ0) is 20.1. The van der Waals surface area contributed by atoms with Crippen LogP contribution in [0.25, 0.3) is 22.6 Å². The lowest BCUT2D eigenvalue weighted by Crippen LogP contribution is -2.21. The van der Waals surface area contributed by atoms with E-state index in [1.165, 1.54) is 6.07 Å². The summed E-state index contributed by atoms with van der Waals surface area (Å²) >= 11 is 0. The van der Waals surface area contributed by atoms with Crippen LogP contribution < -0.4 is 5.32 Å². The lowest BCUT2D eigenvalue weighted by molar-refractivity contribution is -0.137. The first-order chi connectivity index (χ1) is 13.3. The monoisotopic (exact) mass is 387 g/mol. The van der Waals surface area contributed by atoms with Gasteiger partial charge in [-0.15, -0.1) is 0 Å². The van der Waals surface area contributed by atoms with Gasteiger partial charge >= 0.3 is 6.18 Å². The molecular formula is C20H20F3N5. The summed E-state index contributed by atoms with van der Waals surface area (Å²) in [5, 5.41) is 3.21. The van der Waals surface area contributed by atoms with Crippen molar-refractivity contribution >= 4 is 5.82 Å². The maximum absolute atomic E-state index is 13.1. The van der Waals surface area contributed by atoms with Crippen molar-refractivity contribution < 1.29 is 13.2 Å². The number of benzene rings is 1. The zero-order valence-electron chi connectivity index (χ0n) is 15.5. The van der Waals surface area contributed by atoms with Crippen LogP contribution in [0.4, 0.5) is 19.0 Å². The van der Waals surface area contributed by atoms with E-state index in [4.69, 9.17) is 0 Å². The molecule has 2 heterocycles. The van der Waals surface area contributed by atoms with Gasteiger partial charge in [0.25, 0.3) is 0 Å². The lowest BCUT2D eigenvalue weighted by Gasteiger charge is -2.13. The first-order valence-corrected chi connectivity index (χ1v) is 8.68. The molecule has 0 aliphatic carbocycles. The summed E-state index contributed by atoms with van der Waals surface area (Å²) in [7, 11) is 3.91. The highest BCUT2D eigenvalue weighted by molar-refractivity contribution is 5.68. The van der Waals surface area contributed by atoms with Gasteiger partial charge < -0.3 is 10.2 Å². The fraction of sp³-hybridized carbons (Fsp3) is 0.250. The molecule has 3 rings (SSSR count). The number of nitrogens with one attached hydrogen (secondary N) is 1. The summed E-state index contributed by atoms with van der Waals surface area (Å²) in [5.74, 6) is 0.973. The Balaban J connectivity index is 2.02. The largest absolute Gasteiger partial charge is 0.416 e. The number of anilines is 1. The number of pyridine rings is 1. The number of halogens is 3. The van der Waals surface area contributed by atoms with Crippen LogP contribution in [-0.4, -0.2) is 47.0 Å². The first-order valence-electron chi connectivity index (χ1n) is 8.68. The molecule has 146 valence electrons. The van der Waals surface area contributed by atoms with Crippen molar-refractivity contribution in [3.05, 3.63) is 60.4 Å². The highest BCUT2D eigenvalue weighted by Crippen LogP contribution is 2.32.